The third kappa shape index (κ3) is 8.10. The van der Waals surface area contributed by atoms with E-state index in [2.05, 4.69) is 10.0 Å². The van der Waals surface area contributed by atoms with Crippen molar-refractivity contribution < 1.29 is 21.6 Å². The molecule has 0 saturated heterocycles. The van der Waals surface area contributed by atoms with E-state index in [0.717, 1.165) is 17.4 Å². The molecule has 0 saturated carbocycles. The number of aryl methyl sites for hydroxylation is 2. The predicted molar refractivity (Wildman–Crippen MR) is 150 cm³/mol. The van der Waals surface area contributed by atoms with E-state index in [1.54, 1.807) is 6.07 Å². The van der Waals surface area contributed by atoms with Crippen LogP contribution < -0.4 is 14.3 Å². The van der Waals surface area contributed by atoms with Crippen molar-refractivity contribution in [2.75, 3.05) is 27.1 Å². The van der Waals surface area contributed by atoms with Gasteiger partial charge in [-0.05, 0) is 86.0 Å². The third-order valence-electron chi connectivity index (χ3n) is 5.51. The van der Waals surface area contributed by atoms with Crippen LogP contribution in [0.25, 0.3) is 0 Å². The molecule has 0 spiro atoms. The second-order valence-corrected chi connectivity index (χ2v) is 13.0. The number of carbonyl (C=O) groups excluding carboxylic acids is 1. The van der Waals surface area contributed by atoms with Crippen molar-refractivity contribution in [1.29, 1.82) is 0 Å². The predicted octanol–water partition coefficient (Wildman–Crippen LogP) is 5.60. The normalized spacial score (nSPS) is 11.7. The molecule has 0 aliphatic rings. The summed E-state index contributed by atoms with van der Waals surface area (Å²) in [4.78, 5) is 12.4. The summed E-state index contributed by atoms with van der Waals surface area (Å²) in [6.45, 7) is 4.00. The molecule has 0 bridgehead atoms. The molecule has 0 heterocycles. The number of anilines is 3. The fourth-order valence-electron chi connectivity index (χ4n) is 3.52. The molecule has 3 rings (SSSR count). The van der Waals surface area contributed by atoms with Gasteiger partial charge in [-0.25, -0.2) is 16.8 Å². The molecule has 0 aliphatic carbocycles. The van der Waals surface area contributed by atoms with Gasteiger partial charge in [0.15, 0.2) is 0 Å². The molecule has 2 N–H and O–H groups in total. The van der Waals surface area contributed by atoms with Crippen LogP contribution in [0.2, 0.25) is 10.0 Å². The topological polar surface area (TPSA) is 113 Å². The van der Waals surface area contributed by atoms with Gasteiger partial charge < -0.3 is 5.32 Å². The lowest BCUT2D eigenvalue weighted by atomic mass is 10.1. The van der Waals surface area contributed by atoms with E-state index in [-0.39, 0.29) is 39.5 Å². The van der Waals surface area contributed by atoms with Crippen molar-refractivity contribution in [3.8, 4) is 0 Å². The lowest BCUT2D eigenvalue weighted by molar-refractivity contribution is -0.116. The quantitative estimate of drug-likeness (QED) is 0.322. The summed E-state index contributed by atoms with van der Waals surface area (Å²) in [6, 6.07) is 15.4. The summed E-state index contributed by atoms with van der Waals surface area (Å²) in [6.07, 6.45) is 1.51. The second-order valence-electron chi connectivity index (χ2n) is 8.54. The number of hydrogen-bond acceptors (Lipinski definition) is 5. The average molecular weight is 585 g/mol. The van der Waals surface area contributed by atoms with E-state index >= 15 is 0 Å². The Morgan fingerprint density at radius 2 is 1.46 bits per heavy atom. The molecule has 0 aromatic heterocycles. The van der Waals surface area contributed by atoms with Gasteiger partial charge in [-0.2, -0.15) is 0 Å². The van der Waals surface area contributed by atoms with Crippen LogP contribution in [0.3, 0.4) is 0 Å². The highest BCUT2D eigenvalue weighted by atomic mass is 35.5. The molecule has 0 atom stereocenters. The first kappa shape index (κ1) is 28.8. The summed E-state index contributed by atoms with van der Waals surface area (Å²) in [5.74, 6) is -0.323. The van der Waals surface area contributed by atoms with Gasteiger partial charge in [0, 0.05) is 28.7 Å². The third-order valence-corrected chi connectivity index (χ3v) is 8.53. The standard InChI is InChI=1S/C25H27Cl2N3O5S2/c1-17-6-9-23(13-18(17)2)30(36(3,32)33)12-4-5-25(31)28-21-7-10-24(11-8-21)37(34,35)29-22-15-19(26)14-20(27)16-22/h6-11,13-16,29H,4-5,12H2,1-3H3,(H,28,31). The van der Waals surface area contributed by atoms with Crippen molar-refractivity contribution in [3.63, 3.8) is 0 Å². The SMILES string of the molecule is Cc1ccc(N(CCCC(=O)Nc2ccc(S(=O)(=O)Nc3cc(Cl)cc(Cl)c3)cc2)S(C)(=O)=O)cc1C. The second kappa shape index (κ2) is 11.7. The first-order valence-corrected chi connectivity index (χ1v) is 15.3. The number of rotatable bonds is 10. The van der Waals surface area contributed by atoms with Crippen molar-refractivity contribution >= 4 is 66.2 Å². The summed E-state index contributed by atoms with van der Waals surface area (Å²) < 4.78 is 53.6. The van der Waals surface area contributed by atoms with E-state index in [0.29, 0.717) is 17.8 Å². The molecule has 0 unspecified atom stereocenters. The zero-order valence-electron chi connectivity index (χ0n) is 20.5. The smallest absolute Gasteiger partial charge is 0.261 e. The Bertz CT molecular complexity index is 1490. The first-order valence-electron chi connectivity index (χ1n) is 11.2. The van der Waals surface area contributed by atoms with Crippen molar-refractivity contribution in [1.82, 2.24) is 0 Å². The molecule has 0 fully saturated rings. The number of sulfonamides is 2. The lowest BCUT2D eigenvalue weighted by Gasteiger charge is -2.23. The summed E-state index contributed by atoms with van der Waals surface area (Å²) in [5, 5.41) is 3.27. The van der Waals surface area contributed by atoms with Gasteiger partial charge in [-0.1, -0.05) is 29.3 Å². The number of carbonyl (C=O) groups is 1. The fraction of sp³-hybridized carbons (Fsp3) is 0.240. The van der Waals surface area contributed by atoms with E-state index in [1.807, 2.05) is 26.0 Å². The van der Waals surface area contributed by atoms with Crippen LogP contribution in [-0.2, 0) is 24.8 Å². The highest BCUT2D eigenvalue weighted by Crippen LogP contribution is 2.25. The van der Waals surface area contributed by atoms with Crippen molar-refractivity contribution in [2.24, 2.45) is 0 Å². The minimum atomic E-state index is -3.90. The molecular weight excluding hydrogens is 557 g/mol. The molecule has 12 heteroatoms. The van der Waals surface area contributed by atoms with E-state index in [4.69, 9.17) is 23.2 Å². The maximum atomic E-state index is 12.7. The molecule has 0 aliphatic heterocycles. The highest BCUT2D eigenvalue weighted by molar-refractivity contribution is 7.92. The van der Waals surface area contributed by atoms with Gasteiger partial charge in [0.05, 0.1) is 22.5 Å². The Morgan fingerprint density at radius 1 is 0.838 bits per heavy atom. The number of nitrogens with zero attached hydrogens (tertiary/aromatic N) is 1. The molecule has 37 heavy (non-hydrogen) atoms. The van der Waals surface area contributed by atoms with Gasteiger partial charge >= 0.3 is 0 Å². The maximum absolute atomic E-state index is 12.7. The number of nitrogens with one attached hydrogen (secondary N) is 2. The minimum absolute atomic E-state index is 0.0150. The van der Waals surface area contributed by atoms with Crippen LogP contribution in [0.4, 0.5) is 17.1 Å². The Hall–Kier alpha value is -2.79. The lowest BCUT2D eigenvalue weighted by Crippen LogP contribution is -2.31. The van der Waals surface area contributed by atoms with Crippen molar-refractivity contribution in [3.05, 3.63) is 81.8 Å². The fourth-order valence-corrected chi connectivity index (χ4v) is 6.04. The van der Waals surface area contributed by atoms with E-state index in [9.17, 15) is 21.6 Å². The van der Waals surface area contributed by atoms with Gasteiger partial charge in [-0.15, -0.1) is 0 Å². The number of benzene rings is 3. The summed E-state index contributed by atoms with van der Waals surface area (Å²) >= 11 is 11.8. The molecule has 0 radical (unpaired) electrons. The van der Waals surface area contributed by atoms with Crippen molar-refractivity contribution in [2.45, 2.75) is 31.6 Å². The zero-order chi connectivity index (χ0) is 27.4. The Labute approximate surface area is 227 Å². The first-order chi connectivity index (χ1) is 17.2. The van der Waals surface area contributed by atoms with E-state index < -0.39 is 20.0 Å². The van der Waals surface area contributed by atoms with Crippen LogP contribution in [0, 0.1) is 13.8 Å². The van der Waals surface area contributed by atoms with Crippen LogP contribution in [0.15, 0.2) is 65.6 Å². The maximum Gasteiger partial charge on any atom is 0.261 e. The van der Waals surface area contributed by atoms with Gasteiger partial charge in [0.1, 0.15) is 0 Å². The monoisotopic (exact) mass is 583 g/mol. The van der Waals surface area contributed by atoms with Gasteiger partial charge in [0.25, 0.3) is 10.0 Å². The number of hydrogen-bond donors (Lipinski definition) is 2. The molecule has 8 nitrogen and oxygen atoms in total. The molecular formula is C25H27Cl2N3O5S2. The molecule has 3 aromatic rings. The summed E-state index contributed by atoms with van der Waals surface area (Å²) in [7, 11) is -7.43. The van der Waals surface area contributed by atoms with E-state index in [1.165, 1.54) is 46.8 Å². The van der Waals surface area contributed by atoms with Crippen LogP contribution in [-0.4, -0.2) is 35.5 Å². The molecule has 1 amide bonds. The Morgan fingerprint density at radius 3 is 2.03 bits per heavy atom. The molecule has 198 valence electrons. The number of amides is 1. The number of halogens is 2. The average Bonchev–Trinajstić information content (AvgIpc) is 2.77. The van der Waals surface area contributed by atoms with Gasteiger partial charge in [-0.3, -0.25) is 13.8 Å². The van der Waals surface area contributed by atoms with Crippen LogP contribution in [0.5, 0.6) is 0 Å². The zero-order valence-corrected chi connectivity index (χ0v) is 23.6. The van der Waals surface area contributed by atoms with Crippen LogP contribution >= 0.6 is 23.2 Å². The van der Waals surface area contributed by atoms with Crippen LogP contribution in [0.1, 0.15) is 24.0 Å². The highest BCUT2D eigenvalue weighted by Gasteiger charge is 2.19. The molecule has 3 aromatic carbocycles. The summed E-state index contributed by atoms with van der Waals surface area (Å²) in [5.41, 5.74) is 3.21. The van der Waals surface area contributed by atoms with Gasteiger partial charge in [0.2, 0.25) is 15.9 Å². The Balaban J connectivity index is 1.59. The Kier molecular flexibility index (Phi) is 9.12. The minimum Gasteiger partial charge on any atom is -0.326 e. The largest absolute Gasteiger partial charge is 0.326 e.